The fourth-order valence-electron chi connectivity index (χ4n) is 2.43. The predicted molar refractivity (Wildman–Crippen MR) is 85.9 cm³/mol. The molecule has 0 aliphatic carbocycles. The summed E-state index contributed by atoms with van der Waals surface area (Å²) in [6.07, 6.45) is 2.03. The lowest BCUT2D eigenvalue weighted by Crippen LogP contribution is -1.96. The second kappa shape index (κ2) is 4.70. The first-order valence-electron chi connectivity index (χ1n) is 6.54. The molecule has 0 radical (unpaired) electrons. The quantitative estimate of drug-likeness (QED) is 0.665. The Morgan fingerprint density at radius 1 is 1.05 bits per heavy atom. The highest BCUT2D eigenvalue weighted by Crippen LogP contribution is 2.33. The molecule has 0 unspecified atom stereocenters. The summed E-state index contributed by atoms with van der Waals surface area (Å²) in [5, 5.41) is 1.07. The third-order valence-corrected chi connectivity index (χ3v) is 4.26. The summed E-state index contributed by atoms with van der Waals surface area (Å²) in [5.74, 6) is 0.791. The van der Waals surface area contributed by atoms with Gasteiger partial charge >= 0.3 is 0 Å². The van der Waals surface area contributed by atoms with Crippen LogP contribution in [-0.4, -0.2) is 14.5 Å². The molecule has 0 aliphatic heterocycles. The van der Waals surface area contributed by atoms with Crippen LogP contribution in [0.15, 0.2) is 28.9 Å². The molecule has 2 heterocycles. The van der Waals surface area contributed by atoms with Gasteiger partial charge < -0.3 is 4.57 Å². The number of fused-ring (bicyclic) bond motifs is 1. The van der Waals surface area contributed by atoms with Crippen LogP contribution in [0, 0.1) is 20.8 Å². The van der Waals surface area contributed by atoms with Crippen molar-refractivity contribution in [2.45, 2.75) is 20.8 Å². The first-order valence-corrected chi connectivity index (χ1v) is 7.33. The van der Waals surface area contributed by atoms with Crippen LogP contribution in [0.5, 0.6) is 0 Å². The molecule has 0 spiro atoms. The van der Waals surface area contributed by atoms with Crippen molar-refractivity contribution in [3.8, 4) is 11.3 Å². The van der Waals surface area contributed by atoms with Crippen LogP contribution in [0.4, 0.5) is 0 Å². The van der Waals surface area contributed by atoms with Gasteiger partial charge in [-0.15, -0.1) is 0 Å². The van der Waals surface area contributed by atoms with Crippen molar-refractivity contribution in [1.82, 2.24) is 14.5 Å². The molecule has 3 aromatic rings. The lowest BCUT2D eigenvalue weighted by Gasteiger charge is -2.08. The zero-order valence-electron chi connectivity index (χ0n) is 12.0. The van der Waals surface area contributed by atoms with E-state index in [4.69, 9.17) is 0 Å². The topological polar surface area (TPSA) is 30.7 Å². The molecule has 0 atom stereocenters. The van der Waals surface area contributed by atoms with Gasteiger partial charge in [0.15, 0.2) is 0 Å². The number of aryl methyl sites for hydroxylation is 4. The number of rotatable bonds is 1. The van der Waals surface area contributed by atoms with E-state index in [-0.39, 0.29) is 0 Å². The Balaban J connectivity index is 2.37. The van der Waals surface area contributed by atoms with Crippen molar-refractivity contribution in [1.29, 1.82) is 0 Å². The Morgan fingerprint density at radius 2 is 1.80 bits per heavy atom. The fourth-order valence-corrected chi connectivity index (χ4v) is 3.10. The van der Waals surface area contributed by atoms with E-state index in [1.165, 1.54) is 11.1 Å². The van der Waals surface area contributed by atoms with Gasteiger partial charge in [-0.25, -0.2) is 9.97 Å². The molecular weight excluding hydrogens is 314 g/mol. The first kappa shape index (κ1) is 13.3. The zero-order chi connectivity index (χ0) is 14.4. The van der Waals surface area contributed by atoms with Crippen molar-refractivity contribution in [2.75, 3.05) is 0 Å². The van der Waals surface area contributed by atoms with E-state index >= 15 is 0 Å². The van der Waals surface area contributed by atoms with Gasteiger partial charge in [0.05, 0.1) is 11.1 Å². The van der Waals surface area contributed by atoms with Gasteiger partial charge in [0, 0.05) is 23.3 Å². The van der Waals surface area contributed by atoms with Crippen LogP contribution in [-0.2, 0) is 7.05 Å². The van der Waals surface area contributed by atoms with Crippen LogP contribution < -0.4 is 0 Å². The Labute approximate surface area is 126 Å². The smallest absolute Gasteiger partial charge is 0.145 e. The van der Waals surface area contributed by atoms with Gasteiger partial charge in [-0.3, -0.25) is 0 Å². The minimum atomic E-state index is 0.791. The standard InChI is InChI=1S/C16H16BrN3/c1-9-5-6-12(7-10(9)2)15-14-13(17)8-20(4)16(14)19-11(3)18-15/h5-8H,1-4H3. The maximum atomic E-state index is 4.66. The second-order valence-corrected chi connectivity index (χ2v) is 6.06. The van der Waals surface area contributed by atoms with E-state index in [0.29, 0.717) is 0 Å². The van der Waals surface area contributed by atoms with Crippen LogP contribution in [0.3, 0.4) is 0 Å². The van der Waals surface area contributed by atoms with E-state index in [1.807, 2.05) is 24.7 Å². The summed E-state index contributed by atoms with van der Waals surface area (Å²) in [5.41, 5.74) is 5.65. The monoisotopic (exact) mass is 329 g/mol. The molecule has 0 amide bonds. The molecule has 4 heteroatoms. The summed E-state index contributed by atoms with van der Waals surface area (Å²) < 4.78 is 3.06. The normalized spacial score (nSPS) is 11.2. The van der Waals surface area contributed by atoms with Crippen LogP contribution in [0.1, 0.15) is 17.0 Å². The van der Waals surface area contributed by atoms with Crippen LogP contribution >= 0.6 is 15.9 Å². The van der Waals surface area contributed by atoms with Gasteiger partial charge in [-0.1, -0.05) is 12.1 Å². The molecule has 2 aromatic heterocycles. The van der Waals surface area contributed by atoms with Gasteiger partial charge in [0.1, 0.15) is 11.5 Å². The molecule has 20 heavy (non-hydrogen) atoms. The SMILES string of the molecule is Cc1nc(-c2ccc(C)c(C)c2)c2c(Br)cn(C)c2n1. The first-order chi connectivity index (χ1) is 9.47. The molecule has 0 saturated carbocycles. The summed E-state index contributed by atoms with van der Waals surface area (Å²) in [4.78, 5) is 9.21. The van der Waals surface area contributed by atoms with E-state index in [9.17, 15) is 0 Å². The summed E-state index contributed by atoms with van der Waals surface area (Å²) in [6, 6.07) is 6.46. The van der Waals surface area contributed by atoms with Crippen molar-refractivity contribution in [3.05, 3.63) is 45.8 Å². The van der Waals surface area contributed by atoms with E-state index < -0.39 is 0 Å². The number of halogens is 1. The predicted octanol–water partition coefficient (Wildman–Crippen LogP) is 4.32. The summed E-state index contributed by atoms with van der Waals surface area (Å²) >= 11 is 3.62. The highest BCUT2D eigenvalue weighted by atomic mass is 79.9. The third kappa shape index (κ3) is 2.04. The lowest BCUT2D eigenvalue weighted by atomic mass is 10.0. The maximum absolute atomic E-state index is 4.66. The van der Waals surface area contributed by atoms with Gasteiger partial charge in [-0.05, 0) is 53.9 Å². The van der Waals surface area contributed by atoms with Crippen molar-refractivity contribution >= 4 is 27.0 Å². The zero-order valence-corrected chi connectivity index (χ0v) is 13.6. The highest BCUT2D eigenvalue weighted by Gasteiger charge is 2.15. The molecule has 0 fully saturated rings. The Hall–Kier alpha value is -1.68. The Morgan fingerprint density at radius 3 is 2.50 bits per heavy atom. The van der Waals surface area contributed by atoms with E-state index in [2.05, 4.69) is 57.9 Å². The number of nitrogens with zero attached hydrogens (tertiary/aromatic N) is 3. The number of hydrogen-bond acceptors (Lipinski definition) is 2. The fraction of sp³-hybridized carbons (Fsp3) is 0.250. The Bertz CT molecular complexity index is 818. The van der Waals surface area contributed by atoms with Crippen LogP contribution in [0.2, 0.25) is 0 Å². The van der Waals surface area contributed by atoms with Crippen LogP contribution in [0.25, 0.3) is 22.3 Å². The number of hydrogen-bond donors (Lipinski definition) is 0. The molecule has 3 nitrogen and oxygen atoms in total. The molecular formula is C16H16BrN3. The largest absolute Gasteiger partial charge is 0.334 e. The van der Waals surface area contributed by atoms with Gasteiger partial charge in [0.2, 0.25) is 0 Å². The van der Waals surface area contributed by atoms with Gasteiger partial charge in [0.25, 0.3) is 0 Å². The molecule has 102 valence electrons. The highest BCUT2D eigenvalue weighted by molar-refractivity contribution is 9.10. The van der Waals surface area contributed by atoms with E-state index in [1.54, 1.807) is 0 Å². The molecule has 0 saturated heterocycles. The number of aromatic nitrogens is 3. The molecule has 0 N–H and O–H groups in total. The number of benzene rings is 1. The molecule has 1 aromatic carbocycles. The summed E-state index contributed by atoms with van der Waals surface area (Å²) in [7, 11) is 2.00. The Kier molecular flexibility index (Phi) is 3.13. The minimum Gasteiger partial charge on any atom is -0.334 e. The van der Waals surface area contributed by atoms with Gasteiger partial charge in [-0.2, -0.15) is 0 Å². The second-order valence-electron chi connectivity index (χ2n) is 5.21. The average molecular weight is 330 g/mol. The third-order valence-electron chi connectivity index (χ3n) is 3.66. The van der Waals surface area contributed by atoms with Crippen molar-refractivity contribution in [3.63, 3.8) is 0 Å². The minimum absolute atomic E-state index is 0.791. The molecule has 0 aliphatic rings. The molecule has 3 rings (SSSR count). The average Bonchev–Trinajstić information content (AvgIpc) is 2.67. The summed E-state index contributed by atoms with van der Waals surface area (Å²) in [6.45, 7) is 6.19. The van der Waals surface area contributed by atoms with Crippen molar-refractivity contribution in [2.24, 2.45) is 7.05 Å². The lowest BCUT2D eigenvalue weighted by molar-refractivity contribution is 0.931. The van der Waals surface area contributed by atoms with Crippen molar-refractivity contribution < 1.29 is 0 Å². The van der Waals surface area contributed by atoms with E-state index in [0.717, 1.165) is 32.6 Å². The molecule has 0 bridgehead atoms. The maximum Gasteiger partial charge on any atom is 0.145 e.